The summed E-state index contributed by atoms with van der Waals surface area (Å²) in [5.74, 6) is 0.153. The molecular formula is C19H21FIN3O2. The Balaban J connectivity index is 2.02. The molecule has 0 amide bonds. The van der Waals surface area contributed by atoms with E-state index in [4.69, 9.17) is 0 Å². The summed E-state index contributed by atoms with van der Waals surface area (Å²) in [4.78, 5) is 14.0. The molecule has 0 spiro atoms. The van der Waals surface area contributed by atoms with E-state index < -0.39 is 0 Å². The van der Waals surface area contributed by atoms with Crippen LogP contribution in [-0.4, -0.2) is 39.6 Å². The molecule has 1 aliphatic heterocycles. The average Bonchev–Trinajstić information content (AvgIpc) is 2.86. The summed E-state index contributed by atoms with van der Waals surface area (Å²) >= 11 is 2.06. The van der Waals surface area contributed by atoms with Crippen molar-refractivity contribution in [2.24, 2.45) is 7.05 Å². The third-order valence-electron chi connectivity index (χ3n) is 4.79. The van der Waals surface area contributed by atoms with Crippen LogP contribution in [0.15, 0.2) is 30.8 Å². The molecule has 0 aliphatic carbocycles. The van der Waals surface area contributed by atoms with Crippen molar-refractivity contribution in [1.82, 2.24) is 9.47 Å². The predicted octanol–water partition coefficient (Wildman–Crippen LogP) is 3.75. The van der Waals surface area contributed by atoms with Crippen LogP contribution in [0.1, 0.15) is 29.4 Å². The summed E-state index contributed by atoms with van der Waals surface area (Å²) in [5.41, 5.74) is 2.29. The first-order chi connectivity index (χ1) is 12.3. The lowest BCUT2D eigenvalue weighted by Gasteiger charge is -2.43. The zero-order chi connectivity index (χ0) is 19.0. The van der Waals surface area contributed by atoms with E-state index in [1.807, 2.05) is 11.0 Å². The van der Waals surface area contributed by atoms with E-state index in [1.165, 1.54) is 13.0 Å². The fourth-order valence-electron chi connectivity index (χ4n) is 3.17. The Bertz CT molecular complexity index is 876. The van der Waals surface area contributed by atoms with Crippen LogP contribution < -0.4 is 5.32 Å². The number of aliphatic hydroxyl groups is 1. The molecule has 2 N–H and O–H groups in total. The van der Waals surface area contributed by atoms with Gasteiger partial charge < -0.3 is 19.9 Å². The van der Waals surface area contributed by atoms with E-state index in [9.17, 15) is 14.3 Å². The zero-order valence-corrected chi connectivity index (χ0v) is 16.9. The minimum Gasteiger partial charge on any atom is -0.394 e. The quantitative estimate of drug-likeness (QED) is 0.500. The second-order valence-corrected chi connectivity index (χ2v) is 7.67. The number of nitrogens with one attached hydrogen (secondary N) is 1. The van der Waals surface area contributed by atoms with Gasteiger partial charge in [0.25, 0.3) is 0 Å². The average molecular weight is 469 g/mol. The van der Waals surface area contributed by atoms with E-state index in [1.54, 1.807) is 23.7 Å². The molecule has 1 aliphatic rings. The van der Waals surface area contributed by atoms with Crippen LogP contribution in [0.2, 0.25) is 0 Å². The number of carbonyl (C=O) groups excluding carboxylic acids is 1. The second-order valence-electron chi connectivity index (χ2n) is 6.42. The monoisotopic (exact) mass is 469 g/mol. The number of benzene rings is 1. The molecule has 1 fully saturated rings. The first kappa shape index (κ1) is 18.9. The Morgan fingerprint density at radius 2 is 2.19 bits per heavy atom. The fraction of sp³-hybridized carbons (Fsp3) is 0.316. The molecule has 26 heavy (non-hydrogen) atoms. The number of halogens is 2. The minimum absolute atomic E-state index is 0.0337. The van der Waals surface area contributed by atoms with Crippen molar-refractivity contribution in [3.63, 3.8) is 0 Å². The second kappa shape index (κ2) is 7.40. The van der Waals surface area contributed by atoms with Crippen LogP contribution in [0, 0.1) is 9.39 Å². The Labute approximate surface area is 165 Å². The van der Waals surface area contributed by atoms with Crippen LogP contribution in [0.25, 0.3) is 5.70 Å². The van der Waals surface area contributed by atoms with Gasteiger partial charge in [-0.25, -0.2) is 4.39 Å². The maximum Gasteiger partial charge on any atom is 0.176 e. The first-order valence-electron chi connectivity index (χ1n) is 8.33. The lowest BCUT2D eigenvalue weighted by Crippen LogP contribution is -2.48. The molecule has 1 unspecified atom stereocenters. The molecule has 138 valence electrons. The van der Waals surface area contributed by atoms with Crippen molar-refractivity contribution in [3.05, 3.63) is 51.5 Å². The van der Waals surface area contributed by atoms with Gasteiger partial charge in [-0.2, -0.15) is 0 Å². The third kappa shape index (κ3) is 3.37. The predicted molar refractivity (Wildman–Crippen MR) is 109 cm³/mol. The number of hydrogen-bond donors (Lipinski definition) is 2. The highest BCUT2D eigenvalue weighted by molar-refractivity contribution is 14.1. The summed E-state index contributed by atoms with van der Waals surface area (Å²) in [6.07, 6.45) is 0.899. The van der Waals surface area contributed by atoms with Gasteiger partial charge in [-0.3, -0.25) is 4.79 Å². The van der Waals surface area contributed by atoms with Gasteiger partial charge in [0.05, 0.1) is 24.0 Å². The molecule has 2 heterocycles. The highest BCUT2D eigenvalue weighted by atomic mass is 127. The Kier molecular flexibility index (Phi) is 5.38. The van der Waals surface area contributed by atoms with E-state index in [-0.39, 0.29) is 24.2 Å². The number of aliphatic hydroxyl groups excluding tert-OH is 1. The molecule has 0 radical (unpaired) electrons. The molecule has 2 aromatic rings. The molecule has 1 atom stereocenters. The van der Waals surface area contributed by atoms with Gasteiger partial charge >= 0.3 is 0 Å². The summed E-state index contributed by atoms with van der Waals surface area (Å²) in [7, 11) is 1.76. The maximum atomic E-state index is 14.3. The van der Waals surface area contributed by atoms with Crippen molar-refractivity contribution in [1.29, 1.82) is 0 Å². The topological polar surface area (TPSA) is 57.5 Å². The van der Waals surface area contributed by atoms with Crippen LogP contribution in [0.4, 0.5) is 15.9 Å². The van der Waals surface area contributed by atoms with Crippen LogP contribution in [-0.2, 0) is 7.05 Å². The molecule has 5 nitrogen and oxygen atoms in total. The van der Waals surface area contributed by atoms with Gasteiger partial charge in [0.2, 0.25) is 0 Å². The number of nitrogens with zero attached hydrogens (tertiary/aromatic N) is 2. The van der Waals surface area contributed by atoms with Crippen molar-refractivity contribution < 1.29 is 14.3 Å². The lowest BCUT2D eigenvalue weighted by molar-refractivity contribution is 0.0965. The van der Waals surface area contributed by atoms with Gasteiger partial charge in [-0.05, 0) is 53.3 Å². The molecule has 0 saturated carbocycles. The standard InChI is InChI=1S/C19H21FIN3O2/c1-11(24-7-6-14(24)10-25)15-9-18(12(2)26)23(3)19(15)22-17-5-4-13(21)8-16(17)20/h4-5,8-9,14,22,25H,1,6-7,10H2,2-3H3. The van der Waals surface area contributed by atoms with Crippen molar-refractivity contribution in [3.8, 4) is 0 Å². The molecular weight excluding hydrogens is 448 g/mol. The molecule has 1 aromatic carbocycles. The van der Waals surface area contributed by atoms with Crippen molar-refractivity contribution in [2.45, 2.75) is 19.4 Å². The molecule has 3 rings (SSSR count). The normalized spacial score (nSPS) is 16.3. The molecule has 0 bridgehead atoms. The highest BCUT2D eigenvalue weighted by Crippen LogP contribution is 2.36. The van der Waals surface area contributed by atoms with Crippen LogP contribution in [0.5, 0.6) is 0 Å². The molecule has 1 saturated heterocycles. The Morgan fingerprint density at radius 1 is 1.46 bits per heavy atom. The van der Waals surface area contributed by atoms with Gasteiger partial charge in [0, 0.05) is 35.3 Å². The van der Waals surface area contributed by atoms with Gasteiger partial charge in [0.1, 0.15) is 11.6 Å². The number of Topliss-reactive ketones (excluding diaryl/α,β-unsaturated/α-hetero) is 1. The molecule has 7 heteroatoms. The van der Waals surface area contributed by atoms with Gasteiger partial charge in [0.15, 0.2) is 5.78 Å². The summed E-state index contributed by atoms with van der Waals surface area (Å²) in [6, 6.07) is 6.73. The van der Waals surface area contributed by atoms with E-state index in [0.29, 0.717) is 22.9 Å². The highest BCUT2D eigenvalue weighted by Gasteiger charge is 2.31. The number of anilines is 2. The maximum absolute atomic E-state index is 14.3. The minimum atomic E-state index is -0.365. The van der Waals surface area contributed by atoms with Crippen LogP contribution >= 0.6 is 22.6 Å². The number of carbonyl (C=O) groups is 1. The number of rotatable bonds is 6. The van der Waals surface area contributed by atoms with Crippen LogP contribution in [0.3, 0.4) is 0 Å². The van der Waals surface area contributed by atoms with Gasteiger partial charge in [-0.1, -0.05) is 6.58 Å². The summed E-state index contributed by atoms with van der Waals surface area (Å²) in [6.45, 7) is 6.50. The third-order valence-corrected chi connectivity index (χ3v) is 5.46. The molecule has 1 aromatic heterocycles. The lowest BCUT2D eigenvalue weighted by atomic mass is 10.0. The number of likely N-dealkylation sites (tertiary alicyclic amines) is 1. The van der Waals surface area contributed by atoms with Crippen molar-refractivity contribution >= 4 is 45.6 Å². The fourth-order valence-corrected chi connectivity index (χ4v) is 3.62. The zero-order valence-electron chi connectivity index (χ0n) is 14.7. The summed E-state index contributed by atoms with van der Waals surface area (Å²) < 4.78 is 16.8. The first-order valence-corrected chi connectivity index (χ1v) is 9.40. The smallest absolute Gasteiger partial charge is 0.176 e. The Morgan fingerprint density at radius 3 is 2.73 bits per heavy atom. The Hall–Kier alpha value is -1.87. The number of aromatic nitrogens is 1. The van der Waals surface area contributed by atoms with Crippen molar-refractivity contribution in [2.75, 3.05) is 18.5 Å². The largest absolute Gasteiger partial charge is 0.394 e. The van der Waals surface area contributed by atoms with E-state index >= 15 is 0 Å². The van der Waals surface area contributed by atoms with E-state index in [2.05, 4.69) is 34.5 Å². The SMILES string of the molecule is C=C(c1cc(C(C)=O)n(C)c1Nc1ccc(I)cc1F)N1CCC1CO. The van der Waals surface area contributed by atoms with Gasteiger partial charge in [-0.15, -0.1) is 0 Å². The summed E-state index contributed by atoms with van der Waals surface area (Å²) in [5, 5.41) is 12.6. The number of ketones is 1. The number of hydrogen-bond acceptors (Lipinski definition) is 4. The van der Waals surface area contributed by atoms with E-state index in [0.717, 1.165) is 22.1 Å².